The molecule has 1 aromatic carbocycles. The van der Waals surface area contributed by atoms with E-state index in [2.05, 4.69) is 4.98 Å². The number of rotatable bonds is 5. The summed E-state index contributed by atoms with van der Waals surface area (Å²) in [5.41, 5.74) is -0.110. The Hall–Kier alpha value is -2.90. The second-order valence-corrected chi connectivity index (χ2v) is 5.39. The Kier molecular flexibility index (Phi) is 4.45. The number of methoxy groups -OCH3 is 1. The fourth-order valence-corrected chi connectivity index (χ4v) is 2.73. The van der Waals surface area contributed by atoms with Crippen molar-refractivity contribution >= 4 is 11.4 Å². The Morgan fingerprint density at radius 2 is 2.12 bits per heavy atom. The van der Waals surface area contributed by atoms with Crippen LogP contribution in [0, 0.1) is 15.9 Å². The second kappa shape index (κ2) is 6.69. The van der Waals surface area contributed by atoms with Gasteiger partial charge in [-0.25, -0.2) is 4.39 Å². The Bertz CT molecular complexity index is 742. The second-order valence-electron chi connectivity index (χ2n) is 5.39. The molecule has 1 aliphatic heterocycles. The molecule has 1 atom stereocenters. The van der Waals surface area contributed by atoms with E-state index in [4.69, 9.17) is 9.47 Å². The topological polar surface area (TPSA) is 77.7 Å². The molecule has 1 aliphatic rings. The van der Waals surface area contributed by atoms with Crippen molar-refractivity contribution in [1.29, 1.82) is 0 Å². The zero-order valence-electron chi connectivity index (χ0n) is 13.0. The van der Waals surface area contributed by atoms with Gasteiger partial charge in [-0.3, -0.25) is 15.1 Å². The maximum atomic E-state index is 14.3. The lowest BCUT2D eigenvalue weighted by molar-refractivity contribution is -0.385. The van der Waals surface area contributed by atoms with E-state index in [9.17, 15) is 14.5 Å². The molecule has 2 aromatic rings. The third-order valence-electron chi connectivity index (χ3n) is 3.88. The number of aromatic nitrogens is 1. The van der Waals surface area contributed by atoms with Crippen molar-refractivity contribution in [3.63, 3.8) is 0 Å². The average molecular weight is 333 g/mol. The molecule has 1 fully saturated rings. The van der Waals surface area contributed by atoms with Gasteiger partial charge in [0.25, 0.3) is 0 Å². The van der Waals surface area contributed by atoms with Crippen molar-refractivity contribution in [2.45, 2.75) is 12.5 Å². The minimum absolute atomic E-state index is 0.0369. The van der Waals surface area contributed by atoms with Gasteiger partial charge in [-0.1, -0.05) is 0 Å². The highest BCUT2D eigenvalue weighted by Gasteiger charge is 2.28. The molecule has 0 aliphatic carbocycles. The Morgan fingerprint density at radius 1 is 1.38 bits per heavy atom. The van der Waals surface area contributed by atoms with Crippen molar-refractivity contribution < 1.29 is 18.8 Å². The van der Waals surface area contributed by atoms with Crippen LogP contribution in [-0.4, -0.2) is 36.2 Å². The number of pyridine rings is 1. The number of anilines is 1. The van der Waals surface area contributed by atoms with Crippen LogP contribution in [0.1, 0.15) is 6.42 Å². The lowest BCUT2D eigenvalue weighted by Crippen LogP contribution is -2.25. The van der Waals surface area contributed by atoms with Crippen LogP contribution < -0.4 is 14.4 Å². The predicted molar refractivity (Wildman–Crippen MR) is 85.1 cm³/mol. The zero-order valence-corrected chi connectivity index (χ0v) is 13.0. The van der Waals surface area contributed by atoms with Gasteiger partial charge in [0.05, 0.1) is 30.3 Å². The molecule has 2 heterocycles. The Labute approximate surface area is 137 Å². The van der Waals surface area contributed by atoms with Crippen molar-refractivity contribution in [2.75, 3.05) is 25.1 Å². The summed E-state index contributed by atoms with van der Waals surface area (Å²) >= 11 is 0. The highest BCUT2D eigenvalue weighted by atomic mass is 19.1. The first-order valence-electron chi connectivity index (χ1n) is 7.42. The molecule has 0 bridgehead atoms. The molecule has 0 N–H and O–H groups in total. The summed E-state index contributed by atoms with van der Waals surface area (Å²) in [6.45, 7) is 1.08. The average Bonchev–Trinajstić information content (AvgIpc) is 3.03. The van der Waals surface area contributed by atoms with Crippen LogP contribution in [0.4, 0.5) is 15.8 Å². The first-order valence-corrected chi connectivity index (χ1v) is 7.42. The van der Waals surface area contributed by atoms with E-state index in [1.54, 1.807) is 29.4 Å². The monoisotopic (exact) mass is 333 g/mol. The molecule has 0 unspecified atom stereocenters. The molecular weight excluding hydrogens is 317 g/mol. The highest BCUT2D eigenvalue weighted by molar-refractivity contribution is 5.60. The lowest BCUT2D eigenvalue weighted by Gasteiger charge is -2.20. The maximum absolute atomic E-state index is 14.3. The predicted octanol–water partition coefficient (Wildman–Crippen LogP) is 2.80. The summed E-state index contributed by atoms with van der Waals surface area (Å²) in [6.07, 6.45) is 3.92. The van der Waals surface area contributed by atoms with Gasteiger partial charge in [0.1, 0.15) is 11.9 Å². The molecule has 3 rings (SSSR count). The zero-order chi connectivity index (χ0) is 17.1. The molecule has 0 saturated carbocycles. The van der Waals surface area contributed by atoms with E-state index in [0.29, 0.717) is 18.8 Å². The first kappa shape index (κ1) is 16.0. The van der Waals surface area contributed by atoms with Crippen LogP contribution in [0.25, 0.3) is 0 Å². The van der Waals surface area contributed by atoms with Gasteiger partial charge < -0.3 is 14.4 Å². The largest absolute Gasteiger partial charge is 0.490 e. The number of ether oxygens (including phenoxy) is 2. The molecule has 0 amide bonds. The summed E-state index contributed by atoms with van der Waals surface area (Å²) in [7, 11) is 1.32. The number of nitro benzene ring substituents is 1. The van der Waals surface area contributed by atoms with Gasteiger partial charge in [-0.2, -0.15) is 0 Å². The van der Waals surface area contributed by atoms with Gasteiger partial charge in [-0.15, -0.1) is 0 Å². The normalized spacial score (nSPS) is 16.9. The quantitative estimate of drug-likeness (QED) is 0.618. The number of benzene rings is 1. The number of nitrogens with zero attached hydrogens (tertiary/aromatic N) is 3. The van der Waals surface area contributed by atoms with E-state index < -0.39 is 10.7 Å². The van der Waals surface area contributed by atoms with Crippen LogP contribution >= 0.6 is 0 Å². The number of halogens is 1. The van der Waals surface area contributed by atoms with Crippen molar-refractivity contribution in [3.8, 4) is 11.5 Å². The Balaban J connectivity index is 1.77. The van der Waals surface area contributed by atoms with Crippen LogP contribution in [0.5, 0.6) is 11.5 Å². The third kappa shape index (κ3) is 3.22. The van der Waals surface area contributed by atoms with E-state index in [1.165, 1.54) is 13.2 Å². The molecule has 0 spiro atoms. The maximum Gasteiger partial charge on any atom is 0.313 e. The number of nitro groups is 1. The molecule has 7 nitrogen and oxygen atoms in total. The molecule has 24 heavy (non-hydrogen) atoms. The molecule has 126 valence electrons. The van der Waals surface area contributed by atoms with Gasteiger partial charge in [0, 0.05) is 31.4 Å². The molecule has 8 heteroatoms. The van der Waals surface area contributed by atoms with Crippen LogP contribution in [-0.2, 0) is 0 Å². The van der Waals surface area contributed by atoms with Crippen molar-refractivity contribution in [2.24, 2.45) is 0 Å². The van der Waals surface area contributed by atoms with Gasteiger partial charge in [0.15, 0.2) is 11.6 Å². The minimum Gasteiger partial charge on any atom is -0.490 e. The third-order valence-corrected chi connectivity index (χ3v) is 3.88. The standard InChI is InChI=1S/C16H16FN3O4/c1-23-16-9-14(13(17)8-15(16)20(21)22)19-7-4-12(10-19)24-11-2-5-18-6-3-11/h2-3,5-6,8-9,12H,4,7,10H2,1H3/t12-/m1/s1. The van der Waals surface area contributed by atoms with Gasteiger partial charge in [0.2, 0.25) is 0 Å². The molecule has 0 radical (unpaired) electrons. The molecule has 1 saturated heterocycles. The van der Waals surface area contributed by atoms with Crippen LogP contribution in [0.2, 0.25) is 0 Å². The van der Waals surface area contributed by atoms with Crippen molar-refractivity contribution in [3.05, 3.63) is 52.6 Å². The Morgan fingerprint density at radius 3 is 2.79 bits per heavy atom. The lowest BCUT2D eigenvalue weighted by atomic mass is 10.2. The fourth-order valence-electron chi connectivity index (χ4n) is 2.73. The summed E-state index contributed by atoms with van der Waals surface area (Å²) in [5, 5.41) is 10.9. The number of hydrogen-bond donors (Lipinski definition) is 0. The summed E-state index contributed by atoms with van der Waals surface area (Å²) in [4.78, 5) is 16.0. The van der Waals surface area contributed by atoms with E-state index in [1.807, 2.05) is 0 Å². The highest BCUT2D eigenvalue weighted by Crippen LogP contribution is 2.35. The van der Waals surface area contributed by atoms with Gasteiger partial charge in [-0.05, 0) is 12.1 Å². The van der Waals surface area contributed by atoms with E-state index >= 15 is 0 Å². The van der Waals surface area contributed by atoms with Gasteiger partial charge >= 0.3 is 5.69 Å². The van der Waals surface area contributed by atoms with Crippen molar-refractivity contribution in [1.82, 2.24) is 4.98 Å². The summed E-state index contributed by atoms with van der Waals surface area (Å²) in [5.74, 6) is 0.0977. The SMILES string of the molecule is COc1cc(N2CC[C@@H](Oc3ccncc3)C2)c(F)cc1[N+](=O)[O-]. The van der Waals surface area contributed by atoms with Crippen LogP contribution in [0.3, 0.4) is 0 Å². The molecule has 1 aromatic heterocycles. The minimum atomic E-state index is -0.662. The smallest absolute Gasteiger partial charge is 0.313 e. The first-order chi connectivity index (χ1) is 11.6. The van der Waals surface area contributed by atoms with E-state index in [-0.39, 0.29) is 23.2 Å². The van der Waals surface area contributed by atoms with Crippen LogP contribution in [0.15, 0.2) is 36.7 Å². The fraction of sp³-hybridized carbons (Fsp3) is 0.312. The molecular formula is C16H16FN3O4. The van der Waals surface area contributed by atoms with E-state index in [0.717, 1.165) is 12.5 Å². The number of hydrogen-bond acceptors (Lipinski definition) is 6. The summed E-state index contributed by atoms with van der Waals surface area (Å²) in [6, 6.07) is 5.78. The summed E-state index contributed by atoms with van der Waals surface area (Å²) < 4.78 is 25.1.